The lowest BCUT2D eigenvalue weighted by Gasteiger charge is -2.32. The minimum absolute atomic E-state index is 0.142. The summed E-state index contributed by atoms with van der Waals surface area (Å²) in [7, 11) is 4.13. The highest BCUT2D eigenvalue weighted by Crippen LogP contribution is 2.23. The minimum Gasteiger partial charge on any atom is -0.342 e. The van der Waals surface area contributed by atoms with E-state index in [4.69, 9.17) is 5.73 Å². The summed E-state index contributed by atoms with van der Waals surface area (Å²) in [6.07, 6.45) is 0.633. The van der Waals surface area contributed by atoms with E-state index in [1.807, 2.05) is 4.90 Å². The molecule has 1 aliphatic heterocycles. The van der Waals surface area contributed by atoms with E-state index in [2.05, 4.69) is 32.8 Å². The van der Waals surface area contributed by atoms with Gasteiger partial charge in [-0.05, 0) is 32.0 Å². The Labute approximate surface area is 98.8 Å². The van der Waals surface area contributed by atoms with E-state index >= 15 is 0 Å². The maximum absolute atomic E-state index is 11.8. The Morgan fingerprint density at radius 2 is 2.12 bits per heavy atom. The second kappa shape index (κ2) is 5.15. The molecule has 4 nitrogen and oxygen atoms in total. The quantitative estimate of drug-likeness (QED) is 0.739. The van der Waals surface area contributed by atoms with Crippen molar-refractivity contribution in [3.63, 3.8) is 0 Å². The van der Waals surface area contributed by atoms with Crippen LogP contribution >= 0.6 is 0 Å². The number of carbonyl (C=O) groups is 1. The first-order chi connectivity index (χ1) is 7.34. The summed E-state index contributed by atoms with van der Waals surface area (Å²) in [5, 5.41) is 0. The zero-order chi connectivity index (χ0) is 12.3. The topological polar surface area (TPSA) is 49.6 Å². The maximum atomic E-state index is 11.8. The molecular formula is C12H25N3O. The van der Waals surface area contributed by atoms with Gasteiger partial charge in [-0.25, -0.2) is 0 Å². The molecule has 94 valence electrons. The number of carbonyl (C=O) groups excluding carboxylic acids is 1. The summed E-state index contributed by atoms with van der Waals surface area (Å²) in [4.78, 5) is 15.9. The number of nitrogens with two attached hydrogens (primary N) is 1. The van der Waals surface area contributed by atoms with Gasteiger partial charge in [0.15, 0.2) is 0 Å². The molecule has 1 unspecified atom stereocenters. The SMILES string of the molecule is CN(C)CC(C)(C)CN1CC(CN)CC1=O. The van der Waals surface area contributed by atoms with Crippen molar-refractivity contribution in [2.45, 2.75) is 20.3 Å². The van der Waals surface area contributed by atoms with Crippen molar-refractivity contribution >= 4 is 5.91 Å². The molecule has 1 fully saturated rings. The Morgan fingerprint density at radius 3 is 2.56 bits per heavy atom. The monoisotopic (exact) mass is 227 g/mol. The van der Waals surface area contributed by atoms with Crippen LogP contribution in [-0.4, -0.2) is 56.0 Å². The van der Waals surface area contributed by atoms with Crippen molar-refractivity contribution in [2.75, 3.05) is 40.3 Å². The predicted molar refractivity (Wildman–Crippen MR) is 66.1 cm³/mol. The van der Waals surface area contributed by atoms with Crippen molar-refractivity contribution in [3.05, 3.63) is 0 Å². The lowest BCUT2D eigenvalue weighted by atomic mass is 9.92. The zero-order valence-corrected chi connectivity index (χ0v) is 11.0. The van der Waals surface area contributed by atoms with E-state index in [9.17, 15) is 4.79 Å². The molecule has 16 heavy (non-hydrogen) atoms. The number of hydrogen-bond acceptors (Lipinski definition) is 3. The molecule has 1 amide bonds. The van der Waals surface area contributed by atoms with Gasteiger partial charge in [-0.3, -0.25) is 4.79 Å². The van der Waals surface area contributed by atoms with Crippen LogP contribution < -0.4 is 5.73 Å². The fourth-order valence-corrected chi connectivity index (χ4v) is 2.59. The molecule has 1 atom stereocenters. The van der Waals surface area contributed by atoms with Crippen molar-refractivity contribution in [2.24, 2.45) is 17.1 Å². The number of amides is 1. The summed E-state index contributed by atoms with van der Waals surface area (Å²) in [6, 6.07) is 0. The van der Waals surface area contributed by atoms with Crippen LogP contribution in [0.1, 0.15) is 20.3 Å². The van der Waals surface area contributed by atoms with Crippen LogP contribution in [0.3, 0.4) is 0 Å². The van der Waals surface area contributed by atoms with Crippen LogP contribution in [0, 0.1) is 11.3 Å². The number of hydrogen-bond donors (Lipinski definition) is 1. The van der Waals surface area contributed by atoms with Gasteiger partial charge in [0.2, 0.25) is 5.91 Å². The van der Waals surface area contributed by atoms with Gasteiger partial charge in [-0.2, -0.15) is 0 Å². The van der Waals surface area contributed by atoms with Crippen LogP contribution in [0.2, 0.25) is 0 Å². The van der Waals surface area contributed by atoms with Gasteiger partial charge in [-0.15, -0.1) is 0 Å². The van der Waals surface area contributed by atoms with Gasteiger partial charge >= 0.3 is 0 Å². The summed E-state index contributed by atoms with van der Waals surface area (Å²) < 4.78 is 0. The first-order valence-corrected chi connectivity index (χ1v) is 5.96. The molecule has 0 radical (unpaired) electrons. The van der Waals surface area contributed by atoms with Crippen molar-refractivity contribution in [3.8, 4) is 0 Å². The van der Waals surface area contributed by atoms with E-state index in [0.29, 0.717) is 18.9 Å². The zero-order valence-electron chi connectivity index (χ0n) is 11.0. The third-order valence-electron chi connectivity index (χ3n) is 2.99. The maximum Gasteiger partial charge on any atom is 0.222 e. The second-order valence-corrected chi connectivity index (χ2v) is 5.98. The van der Waals surface area contributed by atoms with Crippen molar-refractivity contribution < 1.29 is 4.79 Å². The molecule has 0 aromatic carbocycles. The Morgan fingerprint density at radius 1 is 1.50 bits per heavy atom. The Balaban J connectivity index is 2.50. The molecule has 2 N–H and O–H groups in total. The van der Waals surface area contributed by atoms with Crippen LogP contribution in [0.5, 0.6) is 0 Å². The molecule has 0 spiro atoms. The molecule has 0 aromatic rings. The fourth-order valence-electron chi connectivity index (χ4n) is 2.59. The number of likely N-dealkylation sites (tertiary alicyclic amines) is 1. The van der Waals surface area contributed by atoms with E-state index in [0.717, 1.165) is 19.6 Å². The summed E-state index contributed by atoms with van der Waals surface area (Å²) >= 11 is 0. The lowest BCUT2D eigenvalue weighted by molar-refractivity contribution is -0.129. The average molecular weight is 227 g/mol. The van der Waals surface area contributed by atoms with Crippen LogP contribution in [0.4, 0.5) is 0 Å². The number of nitrogens with zero attached hydrogens (tertiary/aromatic N) is 2. The highest BCUT2D eigenvalue weighted by Gasteiger charge is 2.32. The molecule has 4 heteroatoms. The third-order valence-corrected chi connectivity index (χ3v) is 2.99. The Kier molecular flexibility index (Phi) is 4.33. The van der Waals surface area contributed by atoms with E-state index in [-0.39, 0.29) is 11.3 Å². The molecule has 0 saturated carbocycles. The van der Waals surface area contributed by atoms with Gasteiger partial charge in [0, 0.05) is 26.1 Å². The smallest absolute Gasteiger partial charge is 0.222 e. The minimum atomic E-state index is 0.142. The van der Waals surface area contributed by atoms with Crippen molar-refractivity contribution in [1.29, 1.82) is 0 Å². The van der Waals surface area contributed by atoms with E-state index < -0.39 is 0 Å². The summed E-state index contributed by atoms with van der Waals surface area (Å²) in [5.41, 5.74) is 5.76. The molecule has 1 heterocycles. The van der Waals surface area contributed by atoms with Gasteiger partial charge in [-0.1, -0.05) is 13.8 Å². The molecule has 1 saturated heterocycles. The van der Waals surface area contributed by atoms with Gasteiger partial charge < -0.3 is 15.5 Å². The predicted octanol–water partition coefficient (Wildman–Crippen LogP) is 0.381. The molecule has 1 rings (SSSR count). The molecule has 0 bridgehead atoms. The Hall–Kier alpha value is -0.610. The molecular weight excluding hydrogens is 202 g/mol. The van der Waals surface area contributed by atoms with E-state index in [1.54, 1.807) is 0 Å². The normalized spacial score (nSPS) is 22.2. The van der Waals surface area contributed by atoms with Crippen LogP contribution in [0.15, 0.2) is 0 Å². The summed E-state index contributed by atoms with van der Waals surface area (Å²) in [5.74, 6) is 0.630. The van der Waals surface area contributed by atoms with E-state index in [1.165, 1.54) is 0 Å². The average Bonchev–Trinajstić information content (AvgIpc) is 2.44. The Bertz CT molecular complexity index is 251. The first-order valence-electron chi connectivity index (χ1n) is 5.96. The van der Waals surface area contributed by atoms with Crippen LogP contribution in [-0.2, 0) is 4.79 Å². The summed E-state index contributed by atoms with van der Waals surface area (Å²) in [6.45, 7) is 7.69. The number of rotatable bonds is 5. The first kappa shape index (κ1) is 13.5. The third kappa shape index (κ3) is 3.76. The largest absolute Gasteiger partial charge is 0.342 e. The van der Waals surface area contributed by atoms with Gasteiger partial charge in [0.1, 0.15) is 0 Å². The van der Waals surface area contributed by atoms with Crippen molar-refractivity contribution in [1.82, 2.24) is 9.80 Å². The van der Waals surface area contributed by atoms with Gasteiger partial charge in [0.05, 0.1) is 0 Å². The fraction of sp³-hybridized carbons (Fsp3) is 0.917. The lowest BCUT2D eigenvalue weighted by Crippen LogP contribution is -2.41. The highest BCUT2D eigenvalue weighted by molar-refractivity contribution is 5.78. The second-order valence-electron chi connectivity index (χ2n) is 5.98. The van der Waals surface area contributed by atoms with Crippen LogP contribution in [0.25, 0.3) is 0 Å². The molecule has 1 aliphatic rings. The van der Waals surface area contributed by atoms with Gasteiger partial charge in [0.25, 0.3) is 0 Å². The standard InChI is InChI=1S/C12H25N3O/c1-12(2,8-14(3)4)9-15-7-10(6-13)5-11(15)16/h10H,5-9,13H2,1-4H3. The highest BCUT2D eigenvalue weighted by atomic mass is 16.2. The molecule has 0 aromatic heterocycles. The molecule has 0 aliphatic carbocycles.